The van der Waals surface area contributed by atoms with Gasteiger partial charge in [-0.2, -0.15) is 0 Å². The van der Waals surface area contributed by atoms with Gasteiger partial charge in [0.2, 0.25) is 0 Å². The fraction of sp³-hybridized carbons (Fsp3) is 0.881. The van der Waals surface area contributed by atoms with Crippen molar-refractivity contribution in [2.45, 2.75) is 354 Å². The van der Waals surface area contributed by atoms with Crippen molar-refractivity contribution in [2.75, 3.05) is 26.4 Å². The molecule has 0 saturated carbocycles. The van der Waals surface area contributed by atoms with Crippen LogP contribution in [-0.2, 0) is 32.7 Å². The minimum Gasteiger partial charge on any atom is -0.462 e. The van der Waals surface area contributed by atoms with E-state index in [1.54, 1.807) is 0 Å². The fourth-order valence-corrected chi connectivity index (χ4v) is 10.8. The van der Waals surface area contributed by atoms with Gasteiger partial charge in [-0.3, -0.25) is 18.6 Å². The Morgan fingerprint density at radius 1 is 0.390 bits per heavy atom. The monoisotopic (exact) mass is 1110 g/mol. The van der Waals surface area contributed by atoms with Crippen LogP contribution in [0.5, 0.6) is 0 Å². The van der Waals surface area contributed by atoms with Crippen molar-refractivity contribution in [3.8, 4) is 0 Å². The van der Waals surface area contributed by atoms with Crippen LogP contribution in [0, 0.1) is 0 Å². The third-order valence-electron chi connectivity index (χ3n) is 15.0. The van der Waals surface area contributed by atoms with Crippen LogP contribution in [0.15, 0.2) is 36.5 Å². The predicted molar refractivity (Wildman–Crippen MR) is 330 cm³/mol. The molecule has 0 aliphatic rings. The summed E-state index contributed by atoms with van der Waals surface area (Å²) in [6, 6.07) is 0. The molecule has 0 aliphatic heterocycles. The summed E-state index contributed by atoms with van der Waals surface area (Å²) in [5.74, 6) is -0.811. The number of phosphoric acid groups is 1. The summed E-state index contributed by atoms with van der Waals surface area (Å²) in [5.41, 5.74) is 5.39. The average Bonchev–Trinajstić information content (AvgIpc) is 3.42. The van der Waals surface area contributed by atoms with E-state index in [4.69, 9.17) is 24.3 Å². The Balaban J connectivity index is 3.79. The van der Waals surface area contributed by atoms with Crippen LogP contribution < -0.4 is 5.73 Å². The van der Waals surface area contributed by atoms with Crippen LogP contribution in [-0.4, -0.2) is 49.3 Å². The zero-order valence-corrected chi connectivity index (χ0v) is 51.9. The lowest BCUT2D eigenvalue weighted by atomic mass is 10.0. The fourth-order valence-electron chi connectivity index (χ4n) is 10.0. The van der Waals surface area contributed by atoms with Crippen molar-refractivity contribution in [2.24, 2.45) is 5.73 Å². The number of rotatable bonds is 64. The van der Waals surface area contributed by atoms with Gasteiger partial charge >= 0.3 is 19.8 Å². The van der Waals surface area contributed by atoms with Gasteiger partial charge in [0, 0.05) is 19.4 Å². The normalized spacial score (nSPS) is 13.1. The molecule has 0 bridgehead atoms. The van der Waals surface area contributed by atoms with Gasteiger partial charge in [0.1, 0.15) is 6.61 Å². The average molecular weight is 1110 g/mol. The van der Waals surface area contributed by atoms with Gasteiger partial charge in [-0.1, -0.05) is 301 Å². The number of allylic oxidation sites excluding steroid dienone is 6. The molecule has 10 heteroatoms. The summed E-state index contributed by atoms with van der Waals surface area (Å²) in [6.45, 7) is 3.79. The molecule has 0 aromatic carbocycles. The first-order valence-electron chi connectivity index (χ1n) is 33.5. The molecule has 0 aromatic rings. The summed E-state index contributed by atoms with van der Waals surface area (Å²) in [4.78, 5) is 35.3. The highest BCUT2D eigenvalue weighted by atomic mass is 31.2. The lowest BCUT2D eigenvalue weighted by Gasteiger charge is -2.19. The second kappa shape index (κ2) is 63.4. The van der Waals surface area contributed by atoms with Crippen molar-refractivity contribution in [3.63, 3.8) is 0 Å². The first kappa shape index (κ1) is 75.2. The smallest absolute Gasteiger partial charge is 0.462 e. The molecular formula is C67H128NO8P. The molecule has 0 aliphatic carbocycles. The number of esters is 2. The van der Waals surface area contributed by atoms with E-state index >= 15 is 0 Å². The summed E-state index contributed by atoms with van der Waals surface area (Å²) in [5, 5.41) is 0. The molecule has 0 rings (SSSR count). The van der Waals surface area contributed by atoms with Gasteiger partial charge in [-0.05, 0) is 70.6 Å². The number of hydrogen-bond donors (Lipinski definition) is 2. The highest BCUT2D eigenvalue weighted by molar-refractivity contribution is 7.47. The number of carbonyl (C=O) groups excluding carboxylic acids is 2. The van der Waals surface area contributed by atoms with E-state index in [9.17, 15) is 19.0 Å². The van der Waals surface area contributed by atoms with Gasteiger partial charge in [-0.25, -0.2) is 4.57 Å². The molecule has 0 aromatic heterocycles. The molecule has 0 amide bonds. The van der Waals surface area contributed by atoms with Gasteiger partial charge in [0.05, 0.1) is 13.2 Å². The largest absolute Gasteiger partial charge is 0.472 e. The lowest BCUT2D eigenvalue weighted by Crippen LogP contribution is -2.29. The number of hydrogen-bond acceptors (Lipinski definition) is 8. The number of unbranched alkanes of at least 4 members (excludes halogenated alkanes) is 45. The molecule has 9 nitrogen and oxygen atoms in total. The third-order valence-corrected chi connectivity index (χ3v) is 16.0. The zero-order chi connectivity index (χ0) is 55.9. The standard InChI is InChI=1S/C67H128NO8P/c1-3-5-7-9-11-13-15-17-19-21-23-24-25-26-27-28-29-30-31-32-33-34-35-36-37-38-39-40-42-44-46-48-50-52-54-56-58-60-67(70)76-65(64-75-77(71,72)74-62-61-68)63-73-66(69)59-57-55-53-51-49-47-45-43-41-22-20-18-16-14-12-10-8-6-4-2/h15,17-18,20-21,23,65H,3-14,16,19,22,24-64,68H2,1-2H3,(H,71,72)/b17-15-,20-18-,23-21-. The van der Waals surface area contributed by atoms with Crippen LogP contribution in [0.3, 0.4) is 0 Å². The topological polar surface area (TPSA) is 134 Å². The molecule has 3 N–H and O–H groups in total. The molecule has 0 fully saturated rings. The lowest BCUT2D eigenvalue weighted by molar-refractivity contribution is -0.161. The molecular weight excluding hydrogens is 978 g/mol. The van der Waals surface area contributed by atoms with Gasteiger partial charge < -0.3 is 20.1 Å². The number of carbonyl (C=O) groups is 2. The van der Waals surface area contributed by atoms with Crippen LogP contribution in [0.2, 0.25) is 0 Å². The van der Waals surface area contributed by atoms with Crippen LogP contribution >= 0.6 is 7.82 Å². The first-order chi connectivity index (χ1) is 37.8. The van der Waals surface area contributed by atoms with Crippen molar-refractivity contribution >= 4 is 19.8 Å². The minimum absolute atomic E-state index is 0.0554. The van der Waals surface area contributed by atoms with Gasteiger partial charge in [-0.15, -0.1) is 0 Å². The number of phosphoric ester groups is 1. The Labute approximate surface area is 477 Å². The maximum Gasteiger partial charge on any atom is 0.472 e. The SMILES string of the molecule is CCCCCCC/C=C\C/C=C\CCCCCCCCCCCCCCCCCCCCCCCCCCCC(=O)OC(COC(=O)CCCCCCCCCCC/C=C\CCCCCCCC)COP(=O)(O)OCCN. The Kier molecular flexibility index (Phi) is 62.0. The van der Waals surface area contributed by atoms with E-state index in [1.807, 2.05) is 0 Å². The third kappa shape index (κ3) is 63.3. The first-order valence-corrected chi connectivity index (χ1v) is 35.0. The second-order valence-corrected chi connectivity index (χ2v) is 24.1. The van der Waals surface area contributed by atoms with Crippen LogP contribution in [0.1, 0.15) is 348 Å². The Bertz CT molecular complexity index is 1350. The quantitative estimate of drug-likeness (QED) is 0.0264. The molecule has 0 saturated heterocycles. The number of ether oxygens (including phenoxy) is 2. The number of nitrogens with two attached hydrogens (primary N) is 1. The highest BCUT2D eigenvalue weighted by Crippen LogP contribution is 2.43. The van der Waals surface area contributed by atoms with Crippen molar-refractivity contribution < 1.29 is 37.6 Å². The Hall–Kier alpha value is -1.77. The van der Waals surface area contributed by atoms with E-state index in [2.05, 4.69) is 50.3 Å². The molecule has 77 heavy (non-hydrogen) atoms. The van der Waals surface area contributed by atoms with Crippen LogP contribution in [0.25, 0.3) is 0 Å². The van der Waals surface area contributed by atoms with Crippen molar-refractivity contribution in [3.05, 3.63) is 36.5 Å². The van der Waals surface area contributed by atoms with Gasteiger partial charge in [0.15, 0.2) is 6.10 Å². The van der Waals surface area contributed by atoms with Crippen LogP contribution in [0.4, 0.5) is 0 Å². The van der Waals surface area contributed by atoms with Crippen molar-refractivity contribution in [1.29, 1.82) is 0 Å². The summed E-state index contributed by atoms with van der Waals surface area (Å²) < 4.78 is 33.1. The van der Waals surface area contributed by atoms with Gasteiger partial charge in [0.25, 0.3) is 0 Å². The predicted octanol–water partition coefficient (Wildman–Crippen LogP) is 21.5. The molecule has 2 atom stereocenters. The second-order valence-electron chi connectivity index (χ2n) is 22.7. The molecule has 2 unspecified atom stereocenters. The summed E-state index contributed by atoms with van der Waals surface area (Å²) >= 11 is 0. The van der Waals surface area contributed by atoms with Crippen molar-refractivity contribution in [1.82, 2.24) is 0 Å². The summed E-state index contributed by atoms with van der Waals surface area (Å²) in [6.07, 6.45) is 78.1. The maximum absolute atomic E-state index is 12.7. The highest BCUT2D eigenvalue weighted by Gasteiger charge is 2.26. The van der Waals surface area contributed by atoms with E-state index < -0.39 is 26.5 Å². The van der Waals surface area contributed by atoms with E-state index in [0.29, 0.717) is 6.42 Å². The minimum atomic E-state index is -4.39. The zero-order valence-electron chi connectivity index (χ0n) is 51.0. The van der Waals surface area contributed by atoms with E-state index in [0.717, 1.165) is 38.5 Å². The Morgan fingerprint density at radius 2 is 0.675 bits per heavy atom. The maximum atomic E-state index is 12.7. The molecule has 454 valence electrons. The van der Waals surface area contributed by atoms with E-state index in [-0.39, 0.29) is 38.6 Å². The molecule has 0 heterocycles. The molecule has 0 spiro atoms. The molecule has 0 radical (unpaired) electrons. The van der Waals surface area contributed by atoms with E-state index in [1.165, 1.54) is 276 Å². The summed E-state index contributed by atoms with van der Waals surface area (Å²) in [7, 11) is -4.39. The Morgan fingerprint density at radius 3 is 1.00 bits per heavy atom.